The van der Waals surface area contributed by atoms with Gasteiger partial charge in [-0.05, 0) is 30.7 Å². The van der Waals surface area contributed by atoms with Gasteiger partial charge in [-0.1, -0.05) is 13.0 Å². The van der Waals surface area contributed by atoms with Crippen molar-refractivity contribution in [1.29, 1.82) is 0 Å². The Kier molecular flexibility index (Phi) is 4.16. The standard InChI is InChI=1S/C15H19N3OS/c1-2-7-16-13-9-14(18-15(17-13)11-5-6-11)19-10-12-4-3-8-20-12/h3-4,8-9,11H,2,5-7,10H2,1H3,(H,16,17,18). The van der Waals surface area contributed by atoms with E-state index in [1.54, 1.807) is 11.3 Å². The molecule has 0 amide bonds. The number of ether oxygens (including phenoxy) is 1. The molecule has 2 aromatic heterocycles. The van der Waals surface area contributed by atoms with Gasteiger partial charge in [0.15, 0.2) is 0 Å². The number of thiophene rings is 1. The minimum Gasteiger partial charge on any atom is -0.472 e. The largest absolute Gasteiger partial charge is 0.472 e. The van der Waals surface area contributed by atoms with Crippen LogP contribution < -0.4 is 10.1 Å². The van der Waals surface area contributed by atoms with Gasteiger partial charge in [-0.3, -0.25) is 0 Å². The maximum Gasteiger partial charge on any atom is 0.219 e. The van der Waals surface area contributed by atoms with E-state index in [0.717, 1.165) is 24.6 Å². The first-order valence-corrected chi connectivity index (χ1v) is 8.01. The summed E-state index contributed by atoms with van der Waals surface area (Å²) in [4.78, 5) is 10.3. The third kappa shape index (κ3) is 3.48. The summed E-state index contributed by atoms with van der Waals surface area (Å²) in [6.07, 6.45) is 3.47. The van der Waals surface area contributed by atoms with E-state index in [2.05, 4.69) is 33.7 Å². The quantitative estimate of drug-likeness (QED) is 0.842. The second-order valence-corrected chi connectivity index (χ2v) is 6.05. The molecule has 0 aliphatic heterocycles. The van der Waals surface area contributed by atoms with Crippen LogP contribution in [0.5, 0.6) is 5.88 Å². The fraction of sp³-hybridized carbons (Fsp3) is 0.467. The van der Waals surface area contributed by atoms with E-state index in [4.69, 9.17) is 4.74 Å². The third-order valence-electron chi connectivity index (χ3n) is 3.16. The second kappa shape index (κ2) is 6.22. The first-order valence-electron chi connectivity index (χ1n) is 7.13. The lowest BCUT2D eigenvalue weighted by atomic mass is 10.3. The van der Waals surface area contributed by atoms with Crippen LogP contribution in [0.3, 0.4) is 0 Å². The average molecular weight is 289 g/mol. The second-order valence-electron chi connectivity index (χ2n) is 5.02. The third-order valence-corrected chi connectivity index (χ3v) is 4.01. The molecule has 2 aromatic rings. The van der Waals surface area contributed by atoms with Crippen molar-refractivity contribution in [3.05, 3.63) is 34.3 Å². The van der Waals surface area contributed by atoms with Gasteiger partial charge < -0.3 is 10.1 Å². The van der Waals surface area contributed by atoms with E-state index in [1.807, 2.05) is 12.1 Å². The Labute approximate surface area is 123 Å². The highest BCUT2D eigenvalue weighted by Gasteiger charge is 2.27. The summed E-state index contributed by atoms with van der Waals surface area (Å²) in [7, 11) is 0. The summed E-state index contributed by atoms with van der Waals surface area (Å²) in [5, 5.41) is 5.38. The van der Waals surface area contributed by atoms with Crippen LogP contribution in [0.2, 0.25) is 0 Å². The minimum absolute atomic E-state index is 0.530. The van der Waals surface area contributed by atoms with Gasteiger partial charge in [0.05, 0.1) is 0 Å². The fourth-order valence-corrected chi connectivity index (χ4v) is 2.54. The number of nitrogens with one attached hydrogen (secondary N) is 1. The zero-order chi connectivity index (χ0) is 13.8. The van der Waals surface area contributed by atoms with Crippen LogP contribution in [0, 0.1) is 0 Å². The molecule has 1 saturated carbocycles. The van der Waals surface area contributed by atoms with Crippen molar-refractivity contribution in [2.75, 3.05) is 11.9 Å². The normalized spacial score (nSPS) is 14.2. The Morgan fingerprint density at radius 1 is 1.40 bits per heavy atom. The average Bonchev–Trinajstić information content (AvgIpc) is 3.20. The lowest BCUT2D eigenvalue weighted by Gasteiger charge is -2.09. The molecule has 1 N–H and O–H groups in total. The first-order chi connectivity index (χ1) is 9.85. The number of rotatable bonds is 7. The van der Waals surface area contributed by atoms with E-state index in [0.29, 0.717) is 18.4 Å². The predicted molar refractivity (Wildman–Crippen MR) is 81.4 cm³/mol. The van der Waals surface area contributed by atoms with Crippen LogP contribution in [0.1, 0.15) is 42.8 Å². The van der Waals surface area contributed by atoms with Crippen LogP contribution in [-0.4, -0.2) is 16.5 Å². The van der Waals surface area contributed by atoms with Crippen LogP contribution >= 0.6 is 11.3 Å². The Bertz CT molecular complexity index is 552. The Morgan fingerprint density at radius 2 is 2.30 bits per heavy atom. The van der Waals surface area contributed by atoms with Gasteiger partial charge in [-0.25, -0.2) is 4.98 Å². The molecule has 0 atom stereocenters. The molecule has 1 fully saturated rings. The zero-order valence-electron chi connectivity index (χ0n) is 11.6. The Morgan fingerprint density at radius 3 is 3.00 bits per heavy atom. The topological polar surface area (TPSA) is 47.0 Å². The van der Waals surface area contributed by atoms with Crippen molar-refractivity contribution >= 4 is 17.2 Å². The molecule has 5 heteroatoms. The van der Waals surface area contributed by atoms with Gasteiger partial charge in [0.25, 0.3) is 0 Å². The van der Waals surface area contributed by atoms with Gasteiger partial charge in [0.2, 0.25) is 5.88 Å². The van der Waals surface area contributed by atoms with Crippen molar-refractivity contribution in [3.8, 4) is 5.88 Å². The summed E-state index contributed by atoms with van der Waals surface area (Å²) < 4.78 is 5.81. The van der Waals surface area contributed by atoms with Crippen LogP contribution in [0.4, 0.5) is 5.82 Å². The highest BCUT2D eigenvalue weighted by molar-refractivity contribution is 7.09. The van der Waals surface area contributed by atoms with E-state index >= 15 is 0 Å². The monoisotopic (exact) mass is 289 g/mol. The smallest absolute Gasteiger partial charge is 0.219 e. The molecule has 1 aliphatic rings. The van der Waals surface area contributed by atoms with Crippen molar-refractivity contribution in [3.63, 3.8) is 0 Å². The molecule has 20 heavy (non-hydrogen) atoms. The minimum atomic E-state index is 0.530. The molecule has 0 radical (unpaired) electrons. The molecular weight excluding hydrogens is 270 g/mol. The van der Waals surface area contributed by atoms with Crippen molar-refractivity contribution < 1.29 is 4.74 Å². The van der Waals surface area contributed by atoms with Gasteiger partial charge in [-0.15, -0.1) is 11.3 Å². The first kappa shape index (κ1) is 13.4. The molecule has 2 heterocycles. The molecule has 0 bridgehead atoms. The van der Waals surface area contributed by atoms with Crippen molar-refractivity contribution in [2.45, 2.75) is 38.7 Å². The van der Waals surface area contributed by atoms with E-state index in [1.165, 1.54) is 17.7 Å². The van der Waals surface area contributed by atoms with Crippen molar-refractivity contribution in [1.82, 2.24) is 9.97 Å². The maximum absolute atomic E-state index is 5.81. The molecule has 0 saturated heterocycles. The number of hydrogen-bond acceptors (Lipinski definition) is 5. The molecular formula is C15H19N3OS. The molecule has 3 rings (SSSR count). The van der Waals surface area contributed by atoms with Gasteiger partial charge in [0.1, 0.15) is 18.2 Å². The lowest BCUT2D eigenvalue weighted by molar-refractivity contribution is 0.296. The summed E-state index contributed by atoms with van der Waals surface area (Å²) in [6, 6.07) is 6.01. The highest BCUT2D eigenvalue weighted by atomic mass is 32.1. The Hall–Kier alpha value is -1.62. The molecule has 0 unspecified atom stereocenters. The van der Waals surface area contributed by atoms with Gasteiger partial charge in [-0.2, -0.15) is 4.98 Å². The molecule has 0 spiro atoms. The van der Waals surface area contributed by atoms with Crippen LogP contribution in [-0.2, 0) is 6.61 Å². The summed E-state index contributed by atoms with van der Waals surface area (Å²) in [6.45, 7) is 3.64. The maximum atomic E-state index is 5.81. The molecule has 1 aliphatic carbocycles. The zero-order valence-corrected chi connectivity index (χ0v) is 12.4. The summed E-state index contributed by atoms with van der Waals surface area (Å²) in [5.74, 6) is 3.01. The SMILES string of the molecule is CCCNc1cc(OCc2cccs2)nc(C2CC2)n1. The van der Waals surface area contributed by atoms with E-state index in [-0.39, 0.29) is 0 Å². The van der Waals surface area contributed by atoms with Crippen LogP contribution in [0.25, 0.3) is 0 Å². The predicted octanol–water partition coefficient (Wildman–Crippen LogP) is 3.82. The highest BCUT2D eigenvalue weighted by Crippen LogP contribution is 2.39. The van der Waals surface area contributed by atoms with E-state index < -0.39 is 0 Å². The lowest BCUT2D eigenvalue weighted by Crippen LogP contribution is -2.06. The summed E-state index contributed by atoms with van der Waals surface area (Å²) >= 11 is 1.70. The number of anilines is 1. The number of nitrogens with zero attached hydrogens (tertiary/aromatic N) is 2. The van der Waals surface area contributed by atoms with Gasteiger partial charge in [0, 0.05) is 23.4 Å². The van der Waals surface area contributed by atoms with Gasteiger partial charge >= 0.3 is 0 Å². The van der Waals surface area contributed by atoms with Crippen LogP contribution in [0.15, 0.2) is 23.6 Å². The number of aromatic nitrogens is 2. The van der Waals surface area contributed by atoms with Crippen molar-refractivity contribution in [2.24, 2.45) is 0 Å². The number of hydrogen-bond donors (Lipinski definition) is 1. The Balaban J connectivity index is 1.72. The molecule has 0 aromatic carbocycles. The molecule has 106 valence electrons. The summed E-state index contributed by atoms with van der Waals surface area (Å²) in [5.41, 5.74) is 0. The fourth-order valence-electron chi connectivity index (χ4n) is 1.92. The van der Waals surface area contributed by atoms with E-state index in [9.17, 15) is 0 Å². The molecule has 4 nitrogen and oxygen atoms in total.